The normalized spacial score (nSPS) is 9.93. The molecule has 4 heteroatoms. The number of rotatable bonds is 2. The Morgan fingerprint density at radius 2 is 1.93 bits per heavy atom. The van der Waals surface area contributed by atoms with E-state index in [1.807, 2.05) is 0 Å². The third-order valence-electron chi connectivity index (χ3n) is 1.87. The first kappa shape index (κ1) is 9.86. The van der Waals surface area contributed by atoms with Crippen molar-refractivity contribution in [3.8, 4) is 0 Å². The second-order valence-electron chi connectivity index (χ2n) is 2.98. The first-order valence-corrected chi connectivity index (χ1v) is 4.84. The number of amides is 1. The Balaban J connectivity index is 2.09. The summed E-state index contributed by atoms with van der Waals surface area (Å²) in [6.07, 6.45) is 1.46. The van der Waals surface area contributed by atoms with Gasteiger partial charge >= 0.3 is 0 Å². The van der Waals surface area contributed by atoms with Gasteiger partial charge in [-0.1, -0.05) is 0 Å². The van der Waals surface area contributed by atoms with E-state index in [9.17, 15) is 4.79 Å². The van der Waals surface area contributed by atoms with Gasteiger partial charge in [-0.15, -0.1) is 12.6 Å². The number of nitrogens with one attached hydrogen (secondary N) is 1. The van der Waals surface area contributed by atoms with Crippen molar-refractivity contribution in [2.75, 3.05) is 5.32 Å². The van der Waals surface area contributed by atoms with Gasteiger partial charge in [-0.2, -0.15) is 0 Å². The Labute approximate surface area is 92.5 Å². The van der Waals surface area contributed by atoms with Crippen molar-refractivity contribution in [3.05, 3.63) is 48.4 Å². The smallest absolute Gasteiger partial charge is 0.291 e. The largest absolute Gasteiger partial charge is 0.459 e. The van der Waals surface area contributed by atoms with Gasteiger partial charge in [0.05, 0.1) is 6.26 Å². The number of hydrogen-bond donors (Lipinski definition) is 2. The summed E-state index contributed by atoms with van der Waals surface area (Å²) in [5.41, 5.74) is 0.717. The number of hydrogen-bond acceptors (Lipinski definition) is 3. The molecule has 0 atom stereocenters. The molecule has 76 valence electrons. The molecule has 2 aromatic rings. The monoisotopic (exact) mass is 219 g/mol. The molecule has 15 heavy (non-hydrogen) atoms. The number of thiol groups is 1. The van der Waals surface area contributed by atoms with Crippen molar-refractivity contribution in [2.45, 2.75) is 4.90 Å². The van der Waals surface area contributed by atoms with Crippen molar-refractivity contribution >= 4 is 24.2 Å². The van der Waals surface area contributed by atoms with E-state index in [0.29, 0.717) is 11.4 Å². The molecule has 1 aromatic carbocycles. The highest BCUT2D eigenvalue weighted by Gasteiger charge is 2.07. The fourth-order valence-corrected chi connectivity index (χ4v) is 1.29. The van der Waals surface area contributed by atoms with Gasteiger partial charge in [0.15, 0.2) is 5.76 Å². The minimum Gasteiger partial charge on any atom is -0.459 e. The Morgan fingerprint density at radius 1 is 1.20 bits per heavy atom. The molecule has 1 aromatic heterocycles. The third kappa shape index (κ3) is 2.41. The molecule has 2 rings (SSSR count). The zero-order chi connectivity index (χ0) is 10.7. The van der Waals surface area contributed by atoms with Gasteiger partial charge in [-0.25, -0.2) is 0 Å². The van der Waals surface area contributed by atoms with Gasteiger partial charge in [-0.05, 0) is 36.4 Å². The van der Waals surface area contributed by atoms with Crippen LogP contribution in [-0.2, 0) is 0 Å². The fraction of sp³-hybridized carbons (Fsp3) is 0. The van der Waals surface area contributed by atoms with Crippen molar-refractivity contribution in [2.24, 2.45) is 0 Å². The number of carbonyl (C=O) groups is 1. The lowest BCUT2D eigenvalue weighted by molar-refractivity contribution is 0.0996. The Morgan fingerprint density at radius 3 is 2.53 bits per heavy atom. The Bertz CT molecular complexity index is 448. The molecular weight excluding hydrogens is 210 g/mol. The van der Waals surface area contributed by atoms with Crippen LogP contribution in [0.1, 0.15) is 10.6 Å². The number of anilines is 1. The van der Waals surface area contributed by atoms with E-state index in [2.05, 4.69) is 17.9 Å². The highest BCUT2D eigenvalue weighted by Crippen LogP contribution is 2.13. The van der Waals surface area contributed by atoms with Crippen LogP contribution in [0.5, 0.6) is 0 Å². The molecule has 1 amide bonds. The summed E-state index contributed by atoms with van der Waals surface area (Å²) < 4.78 is 4.96. The molecule has 3 nitrogen and oxygen atoms in total. The van der Waals surface area contributed by atoms with Crippen LogP contribution in [0.4, 0.5) is 5.69 Å². The first-order valence-electron chi connectivity index (χ1n) is 4.39. The second kappa shape index (κ2) is 4.23. The molecule has 0 aliphatic carbocycles. The van der Waals surface area contributed by atoms with E-state index in [0.717, 1.165) is 4.90 Å². The van der Waals surface area contributed by atoms with Crippen LogP contribution in [0.3, 0.4) is 0 Å². The minimum absolute atomic E-state index is 0.257. The SMILES string of the molecule is O=C(Nc1ccc(S)cc1)c1ccco1. The molecule has 0 saturated heterocycles. The Hall–Kier alpha value is -1.68. The highest BCUT2D eigenvalue weighted by atomic mass is 32.1. The maximum atomic E-state index is 11.5. The molecular formula is C11H9NO2S. The van der Waals surface area contributed by atoms with E-state index in [-0.39, 0.29) is 5.91 Å². The van der Waals surface area contributed by atoms with Crippen molar-refractivity contribution in [3.63, 3.8) is 0 Å². The predicted octanol–water partition coefficient (Wildman–Crippen LogP) is 2.82. The summed E-state index contributed by atoms with van der Waals surface area (Å²) in [6, 6.07) is 10.5. The van der Waals surface area contributed by atoms with Gasteiger partial charge in [-0.3, -0.25) is 4.79 Å². The summed E-state index contributed by atoms with van der Waals surface area (Å²) in [6.45, 7) is 0. The van der Waals surface area contributed by atoms with Gasteiger partial charge in [0, 0.05) is 10.6 Å². The van der Waals surface area contributed by atoms with Gasteiger partial charge < -0.3 is 9.73 Å². The van der Waals surface area contributed by atoms with Crippen LogP contribution in [0, 0.1) is 0 Å². The highest BCUT2D eigenvalue weighted by molar-refractivity contribution is 7.80. The third-order valence-corrected chi connectivity index (χ3v) is 2.17. The molecule has 0 spiro atoms. The van der Waals surface area contributed by atoms with Gasteiger partial charge in [0.25, 0.3) is 5.91 Å². The molecule has 0 aliphatic heterocycles. The molecule has 1 N–H and O–H groups in total. The maximum absolute atomic E-state index is 11.5. The average Bonchev–Trinajstić information content (AvgIpc) is 2.74. The lowest BCUT2D eigenvalue weighted by Crippen LogP contribution is -2.10. The van der Waals surface area contributed by atoms with Crippen LogP contribution in [0.2, 0.25) is 0 Å². The lowest BCUT2D eigenvalue weighted by Gasteiger charge is -2.02. The minimum atomic E-state index is -0.257. The summed E-state index contributed by atoms with van der Waals surface area (Å²) in [4.78, 5) is 12.4. The average molecular weight is 219 g/mol. The molecule has 0 saturated carbocycles. The molecule has 0 unspecified atom stereocenters. The quantitative estimate of drug-likeness (QED) is 0.763. The van der Waals surface area contributed by atoms with Crippen molar-refractivity contribution in [1.29, 1.82) is 0 Å². The van der Waals surface area contributed by atoms with Gasteiger partial charge in [0.2, 0.25) is 0 Å². The summed E-state index contributed by atoms with van der Waals surface area (Å²) in [5.74, 6) is 0.0388. The van der Waals surface area contributed by atoms with Crippen LogP contribution in [0.15, 0.2) is 52.0 Å². The molecule has 0 bridgehead atoms. The molecule has 0 fully saturated rings. The van der Waals surface area contributed by atoms with Gasteiger partial charge in [0.1, 0.15) is 0 Å². The lowest BCUT2D eigenvalue weighted by atomic mass is 10.3. The predicted molar refractivity (Wildman–Crippen MR) is 60.4 cm³/mol. The molecule has 0 radical (unpaired) electrons. The standard InChI is InChI=1S/C11H9NO2S/c13-11(10-2-1-7-14-10)12-8-3-5-9(15)6-4-8/h1-7,15H,(H,12,13). The van der Waals surface area contributed by atoms with Crippen LogP contribution < -0.4 is 5.32 Å². The molecule has 0 aliphatic rings. The van der Waals surface area contributed by atoms with Crippen LogP contribution >= 0.6 is 12.6 Å². The van der Waals surface area contributed by atoms with E-state index in [1.165, 1.54) is 6.26 Å². The molecule has 1 heterocycles. The van der Waals surface area contributed by atoms with E-state index in [1.54, 1.807) is 36.4 Å². The summed E-state index contributed by atoms with van der Waals surface area (Å²) in [7, 11) is 0. The van der Waals surface area contributed by atoms with E-state index >= 15 is 0 Å². The van der Waals surface area contributed by atoms with Crippen LogP contribution in [0.25, 0.3) is 0 Å². The van der Waals surface area contributed by atoms with E-state index < -0.39 is 0 Å². The van der Waals surface area contributed by atoms with E-state index in [4.69, 9.17) is 4.42 Å². The second-order valence-corrected chi connectivity index (χ2v) is 3.49. The topological polar surface area (TPSA) is 42.2 Å². The first-order chi connectivity index (χ1) is 7.25. The van der Waals surface area contributed by atoms with Crippen molar-refractivity contribution in [1.82, 2.24) is 0 Å². The Kier molecular flexibility index (Phi) is 2.78. The number of benzene rings is 1. The zero-order valence-electron chi connectivity index (χ0n) is 7.81. The van der Waals surface area contributed by atoms with Crippen LogP contribution in [-0.4, -0.2) is 5.91 Å². The fourth-order valence-electron chi connectivity index (χ4n) is 1.15. The number of carbonyl (C=O) groups excluding carboxylic acids is 1. The maximum Gasteiger partial charge on any atom is 0.291 e. The summed E-state index contributed by atoms with van der Waals surface area (Å²) in [5, 5.41) is 2.70. The zero-order valence-corrected chi connectivity index (χ0v) is 8.70. The van der Waals surface area contributed by atoms with Crippen molar-refractivity contribution < 1.29 is 9.21 Å². The number of furan rings is 1. The summed E-state index contributed by atoms with van der Waals surface area (Å²) >= 11 is 4.15.